The average molecular weight is 407 g/mol. The molecule has 162 valence electrons. The first-order chi connectivity index (χ1) is 13.7. The molecule has 0 bridgehead atoms. The predicted molar refractivity (Wildman–Crippen MR) is 113 cm³/mol. The van der Waals surface area contributed by atoms with Crippen molar-refractivity contribution in [3.8, 4) is 0 Å². The molecule has 0 spiro atoms. The van der Waals surface area contributed by atoms with Crippen LogP contribution >= 0.6 is 0 Å². The minimum atomic E-state index is -2.78. The van der Waals surface area contributed by atoms with Crippen LogP contribution in [0.4, 0.5) is 8.78 Å². The van der Waals surface area contributed by atoms with E-state index < -0.39 is 18.4 Å². The molecule has 2 aliphatic heterocycles. The fourth-order valence-corrected chi connectivity index (χ4v) is 4.86. The molecule has 2 fully saturated rings. The first kappa shape index (κ1) is 22.2. The molecule has 1 aromatic carbocycles. The van der Waals surface area contributed by atoms with Gasteiger partial charge in [0.15, 0.2) is 0 Å². The zero-order chi connectivity index (χ0) is 21.2. The second-order valence-corrected chi connectivity index (χ2v) is 9.59. The molecule has 1 aromatic rings. The van der Waals surface area contributed by atoms with Gasteiger partial charge in [-0.2, -0.15) is 0 Å². The van der Waals surface area contributed by atoms with Gasteiger partial charge in [0.25, 0.3) is 5.92 Å². The largest absolute Gasteiger partial charge is 0.336 e. The smallest absolute Gasteiger partial charge is 0.268 e. The van der Waals surface area contributed by atoms with Gasteiger partial charge in [-0.1, -0.05) is 52.0 Å². The van der Waals surface area contributed by atoms with E-state index in [1.165, 1.54) is 16.0 Å². The third-order valence-corrected chi connectivity index (χ3v) is 6.83. The Morgan fingerprint density at radius 2 is 1.66 bits per heavy atom. The van der Waals surface area contributed by atoms with Crippen molar-refractivity contribution in [2.45, 2.75) is 64.7 Å². The lowest BCUT2D eigenvalue weighted by molar-refractivity contribution is -0.155. The Morgan fingerprint density at radius 1 is 1.03 bits per heavy atom. The number of carbonyl (C=O) groups is 1. The monoisotopic (exact) mass is 406 g/mol. The van der Waals surface area contributed by atoms with Gasteiger partial charge < -0.3 is 4.90 Å². The van der Waals surface area contributed by atoms with Gasteiger partial charge >= 0.3 is 0 Å². The minimum absolute atomic E-state index is 0.0594. The summed E-state index contributed by atoms with van der Waals surface area (Å²) in [5, 5.41) is 0. The maximum atomic E-state index is 14.4. The Hall–Kier alpha value is -1.49. The van der Waals surface area contributed by atoms with E-state index >= 15 is 0 Å². The van der Waals surface area contributed by atoms with E-state index in [1.54, 1.807) is 0 Å². The zero-order valence-corrected chi connectivity index (χ0v) is 18.3. The number of amides is 1. The van der Waals surface area contributed by atoms with Gasteiger partial charge in [0, 0.05) is 12.5 Å². The summed E-state index contributed by atoms with van der Waals surface area (Å²) in [6, 6.07) is 8.91. The van der Waals surface area contributed by atoms with Crippen molar-refractivity contribution in [3.63, 3.8) is 0 Å². The number of halogens is 2. The van der Waals surface area contributed by atoms with Gasteiger partial charge in [-0.05, 0) is 61.2 Å². The van der Waals surface area contributed by atoms with E-state index in [1.807, 2.05) is 13.8 Å². The Balaban J connectivity index is 1.49. The van der Waals surface area contributed by atoms with Gasteiger partial charge in [0.2, 0.25) is 5.91 Å². The summed E-state index contributed by atoms with van der Waals surface area (Å²) in [6.07, 6.45) is 2.42. The average Bonchev–Trinajstić information content (AvgIpc) is 2.67. The van der Waals surface area contributed by atoms with Crippen molar-refractivity contribution in [2.75, 3.05) is 32.7 Å². The number of piperidine rings is 2. The summed E-state index contributed by atoms with van der Waals surface area (Å²) in [4.78, 5) is 16.2. The fourth-order valence-electron chi connectivity index (χ4n) is 4.86. The van der Waals surface area contributed by atoms with Crippen LogP contribution < -0.4 is 0 Å². The Bertz CT molecular complexity index is 679. The van der Waals surface area contributed by atoms with Crippen LogP contribution in [0, 0.1) is 11.8 Å². The first-order valence-electron chi connectivity index (χ1n) is 11.1. The molecule has 5 heteroatoms. The SMILES string of the molecule is CC(C)c1ccc(C2CCN(CC(=O)N3CCC(C(C)C)C(F)(F)C3)CC2)cc1. The molecule has 3 nitrogen and oxygen atoms in total. The number of hydrogen-bond donors (Lipinski definition) is 0. The summed E-state index contributed by atoms with van der Waals surface area (Å²) in [6.45, 7) is 10.1. The highest BCUT2D eigenvalue weighted by Crippen LogP contribution is 2.37. The zero-order valence-electron chi connectivity index (χ0n) is 18.3. The van der Waals surface area contributed by atoms with Crippen molar-refractivity contribution in [1.29, 1.82) is 0 Å². The molecule has 1 atom stereocenters. The number of alkyl halides is 2. The van der Waals surface area contributed by atoms with Crippen LogP contribution in [0.1, 0.15) is 69.9 Å². The highest BCUT2D eigenvalue weighted by Gasteiger charge is 2.46. The maximum absolute atomic E-state index is 14.4. The van der Waals surface area contributed by atoms with Gasteiger partial charge in [-0.25, -0.2) is 8.78 Å². The molecule has 2 heterocycles. The summed E-state index contributed by atoms with van der Waals surface area (Å²) in [5.41, 5.74) is 2.73. The molecule has 0 saturated carbocycles. The van der Waals surface area contributed by atoms with E-state index in [9.17, 15) is 13.6 Å². The van der Waals surface area contributed by atoms with Crippen molar-refractivity contribution < 1.29 is 13.6 Å². The number of hydrogen-bond acceptors (Lipinski definition) is 2. The number of rotatable bonds is 5. The molecule has 0 N–H and O–H groups in total. The van der Waals surface area contributed by atoms with Crippen LogP contribution in [0.25, 0.3) is 0 Å². The minimum Gasteiger partial charge on any atom is -0.336 e. The topological polar surface area (TPSA) is 23.6 Å². The highest BCUT2D eigenvalue weighted by atomic mass is 19.3. The summed E-state index contributed by atoms with van der Waals surface area (Å²) >= 11 is 0. The predicted octanol–water partition coefficient (Wildman–Crippen LogP) is 5.13. The van der Waals surface area contributed by atoms with Crippen LogP contribution in [0.15, 0.2) is 24.3 Å². The van der Waals surface area contributed by atoms with E-state index in [0.717, 1.165) is 25.9 Å². The molecule has 29 heavy (non-hydrogen) atoms. The second kappa shape index (κ2) is 9.11. The van der Waals surface area contributed by atoms with Gasteiger partial charge in [-0.15, -0.1) is 0 Å². The third kappa shape index (κ3) is 5.36. The van der Waals surface area contributed by atoms with Crippen molar-refractivity contribution in [1.82, 2.24) is 9.80 Å². The Kier molecular flexibility index (Phi) is 6.98. The standard InChI is InChI=1S/C24H36F2N2O/c1-17(2)19-5-7-20(8-6-19)21-9-12-27(13-10-21)15-23(29)28-14-11-22(18(3)4)24(25,26)16-28/h5-8,17-18,21-22H,9-16H2,1-4H3. The molecule has 2 saturated heterocycles. The lowest BCUT2D eigenvalue weighted by Gasteiger charge is -2.41. The van der Waals surface area contributed by atoms with Crippen molar-refractivity contribution in [3.05, 3.63) is 35.4 Å². The summed E-state index contributed by atoms with van der Waals surface area (Å²) in [5.74, 6) is -2.55. The van der Waals surface area contributed by atoms with Crippen molar-refractivity contribution in [2.24, 2.45) is 11.8 Å². The van der Waals surface area contributed by atoms with Crippen LogP contribution in [-0.2, 0) is 4.79 Å². The number of nitrogens with zero attached hydrogens (tertiary/aromatic N) is 2. The van der Waals surface area contributed by atoms with Crippen LogP contribution in [0.3, 0.4) is 0 Å². The molecule has 0 aromatic heterocycles. The molecule has 0 aliphatic carbocycles. The normalized spacial score (nSPS) is 23.7. The maximum Gasteiger partial charge on any atom is 0.268 e. The highest BCUT2D eigenvalue weighted by molar-refractivity contribution is 5.78. The molecular formula is C24H36F2N2O. The summed E-state index contributed by atoms with van der Waals surface area (Å²) < 4.78 is 28.8. The fraction of sp³-hybridized carbons (Fsp3) is 0.708. The lowest BCUT2D eigenvalue weighted by atomic mass is 9.83. The van der Waals surface area contributed by atoms with Gasteiger partial charge in [0.05, 0.1) is 13.1 Å². The third-order valence-electron chi connectivity index (χ3n) is 6.83. The van der Waals surface area contributed by atoms with E-state index in [-0.39, 0.29) is 18.4 Å². The van der Waals surface area contributed by atoms with E-state index in [0.29, 0.717) is 24.8 Å². The number of likely N-dealkylation sites (tertiary alicyclic amines) is 2. The first-order valence-corrected chi connectivity index (χ1v) is 11.1. The van der Waals surface area contributed by atoms with E-state index in [4.69, 9.17) is 0 Å². The van der Waals surface area contributed by atoms with Crippen LogP contribution in [-0.4, -0.2) is 54.4 Å². The lowest BCUT2D eigenvalue weighted by Crippen LogP contribution is -2.54. The summed E-state index contributed by atoms with van der Waals surface area (Å²) in [7, 11) is 0. The van der Waals surface area contributed by atoms with Crippen LogP contribution in [0.5, 0.6) is 0 Å². The molecular weight excluding hydrogens is 370 g/mol. The second-order valence-electron chi connectivity index (χ2n) is 9.59. The number of benzene rings is 1. The molecule has 2 aliphatic rings. The van der Waals surface area contributed by atoms with Crippen molar-refractivity contribution >= 4 is 5.91 Å². The Labute approximate surface area is 174 Å². The Morgan fingerprint density at radius 3 is 2.17 bits per heavy atom. The number of carbonyl (C=O) groups excluding carboxylic acids is 1. The van der Waals surface area contributed by atoms with Gasteiger partial charge in [-0.3, -0.25) is 9.69 Å². The molecule has 1 unspecified atom stereocenters. The quantitative estimate of drug-likeness (QED) is 0.677. The molecule has 0 radical (unpaired) electrons. The molecule has 1 amide bonds. The van der Waals surface area contributed by atoms with Gasteiger partial charge in [0.1, 0.15) is 0 Å². The van der Waals surface area contributed by atoms with Crippen LogP contribution in [0.2, 0.25) is 0 Å². The van der Waals surface area contributed by atoms with E-state index in [2.05, 4.69) is 43.0 Å². The molecule has 3 rings (SSSR count).